The van der Waals surface area contributed by atoms with Crippen LogP contribution < -0.4 is 16.0 Å². The minimum Gasteiger partial charge on any atom is -0.385 e. The largest absolute Gasteiger partial charge is 0.385 e. The van der Waals surface area contributed by atoms with Crippen molar-refractivity contribution < 1.29 is 9.53 Å². The summed E-state index contributed by atoms with van der Waals surface area (Å²) in [6, 6.07) is 2.49. The summed E-state index contributed by atoms with van der Waals surface area (Å²) in [5.41, 5.74) is 3.12. The van der Waals surface area contributed by atoms with Gasteiger partial charge < -0.3 is 20.7 Å². The molecule has 2 aromatic heterocycles. The Hall–Kier alpha value is -2.87. The van der Waals surface area contributed by atoms with E-state index >= 15 is 0 Å². The van der Waals surface area contributed by atoms with E-state index < -0.39 is 0 Å². The first-order valence-electron chi connectivity index (χ1n) is 9.22. The van der Waals surface area contributed by atoms with Gasteiger partial charge in [-0.15, -0.1) is 0 Å². The lowest BCUT2D eigenvalue weighted by Crippen LogP contribution is -2.11. The number of hydrogen-bond acceptors (Lipinski definition) is 6. The summed E-state index contributed by atoms with van der Waals surface area (Å²) >= 11 is 0. The summed E-state index contributed by atoms with van der Waals surface area (Å²) in [5, 5.41) is 14.1. The highest BCUT2D eigenvalue weighted by Crippen LogP contribution is 2.28. The Balaban J connectivity index is 1.67. The Morgan fingerprint density at radius 3 is 3.04 bits per heavy atom. The molecule has 0 unspecified atom stereocenters. The van der Waals surface area contributed by atoms with Gasteiger partial charge in [-0.2, -0.15) is 9.61 Å². The Morgan fingerprint density at radius 1 is 1.48 bits per heavy atom. The van der Waals surface area contributed by atoms with Crippen molar-refractivity contribution >= 4 is 29.3 Å². The molecule has 1 saturated carbocycles. The SMILES string of the molecule is C=C1NC(=O)C/C1=C\c1cnn2c(NC3CC3)cc(NCCCOC)nc12. The maximum Gasteiger partial charge on any atom is 0.228 e. The summed E-state index contributed by atoms with van der Waals surface area (Å²) in [6.45, 7) is 5.38. The van der Waals surface area contributed by atoms with Crippen LogP contribution in [0.25, 0.3) is 11.7 Å². The maximum absolute atomic E-state index is 11.6. The second kappa shape index (κ2) is 7.40. The minimum atomic E-state index is -0.0349. The number of nitrogens with zero attached hydrogens (tertiary/aromatic N) is 3. The van der Waals surface area contributed by atoms with E-state index in [9.17, 15) is 4.79 Å². The fourth-order valence-corrected chi connectivity index (χ4v) is 3.04. The summed E-state index contributed by atoms with van der Waals surface area (Å²) in [5.74, 6) is 1.68. The molecule has 1 aliphatic carbocycles. The van der Waals surface area contributed by atoms with Crippen molar-refractivity contribution in [2.45, 2.75) is 31.7 Å². The number of carbonyl (C=O) groups excluding carboxylic acids is 1. The molecular formula is C19H24N6O2. The third kappa shape index (κ3) is 3.95. The van der Waals surface area contributed by atoms with Gasteiger partial charge in [-0.25, -0.2) is 4.98 Å². The van der Waals surface area contributed by atoms with E-state index in [0.29, 0.717) is 24.8 Å². The number of anilines is 2. The molecule has 0 radical (unpaired) electrons. The smallest absolute Gasteiger partial charge is 0.228 e. The van der Waals surface area contributed by atoms with Gasteiger partial charge in [0.15, 0.2) is 5.65 Å². The number of amides is 1. The second-order valence-corrected chi connectivity index (χ2v) is 6.93. The normalized spacial score (nSPS) is 18.3. The number of rotatable bonds is 8. The molecule has 27 heavy (non-hydrogen) atoms. The Morgan fingerprint density at radius 2 is 2.33 bits per heavy atom. The predicted octanol–water partition coefficient (Wildman–Crippen LogP) is 2.17. The lowest BCUT2D eigenvalue weighted by molar-refractivity contribution is -0.118. The Kier molecular flexibility index (Phi) is 4.81. The zero-order valence-electron chi connectivity index (χ0n) is 15.4. The molecule has 8 heteroatoms. The van der Waals surface area contributed by atoms with Crippen LogP contribution in [0.4, 0.5) is 11.6 Å². The molecule has 0 spiro atoms. The molecular weight excluding hydrogens is 344 g/mol. The first kappa shape index (κ1) is 17.5. The fraction of sp³-hybridized carbons (Fsp3) is 0.421. The van der Waals surface area contributed by atoms with Crippen molar-refractivity contribution in [3.05, 3.63) is 35.7 Å². The summed E-state index contributed by atoms with van der Waals surface area (Å²) in [7, 11) is 1.70. The van der Waals surface area contributed by atoms with Gasteiger partial charge in [0.05, 0.1) is 12.6 Å². The number of carbonyl (C=O) groups is 1. The molecule has 4 rings (SSSR count). The number of fused-ring (bicyclic) bond motifs is 1. The van der Waals surface area contributed by atoms with Crippen molar-refractivity contribution in [2.75, 3.05) is 30.9 Å². The Bertz CT molecular complexity index is 912. The standard InChI is InChI=1S/C19H24N6O2/c1-12-13(9-18(26)22-12)8-14-11-21-25-17(23-15-4-5-15)10-16(24-19(14)25)20-6-3-7-27-2/h8,10-11,15,23H,1,3-7,9H2,2H3,(H,20,24)(H,22,26)/b13-8+. The molecule has 0 aromatic carbocycles. The van der Waals surface area contributed by atoms with Crippen LogP contribution in [-0.4, -0.2) is 46.8 Å². The highest BCUT2D eigenvalue weighted by atomic mass is 16.5. The summed E-state index contributed by atoms with van der Waals surface area (Å²) in [6.07, 6.45) is 7.29. The molecule has 142 valence electrons. The lowest BCUT2D eigenvalue weighted by Gasteiger charge is -2.11. The first-order chi connectivity index (χ1) is 13.1. The van der Waals surface area contributed by atoms with Gasteiger partial charge in [-0.1, -0.05) is 6.58 Å². The van der Waals surface area contributed by atoms with E-state index in [1.807, 2.05) is 16.7 Å². The van der Waals surface area contributed by atoms with Crippen molar-refractivity contribution in [2.24, 2.45) is 0 Å². The topological polar surface area (TPSA) is 92.6 Å². The highest BCUT2D eigenvalue weighted by Gasteiger charge is 2.23. The molecule has 8 nitrogen and oxygen atoms in total. The molecule has 1 amide bonds. The van der Waals surface area contributed by atoms with E-state index in [1.54, 1.807) is 13.3 Å². The second-order valence-electron chi connectivity index (χ2n) is 6.93. The van der Waals surface area contributed by atoms with Crippen LogP contribution in [0.1, 0.15) is 31.2 Å². The average Bonchev–Trinajstić information content (AvgIpc) is 3.28. The summed E-state index contributed by atoms with van der Waals surface area (Å²) in [4.78, 5) is 16.3. The van der Waals surface area contributed by atoms with Crippen molar-refractivity contribution in [3.63, 3.8) is 0 Å². The number of nitrogens with one attached hydrogen (secondary N) is 3. The van der Waals surface area contributed by atoms with Gasteiger partial charge in [-0.05, 0) is 30.9 Å². The zero-order valence-corrected chi connectivity index (χ0v) is 15.4. The number of ether oxygens (including phenoxy) is 1. The van der Waals surface area contributed by atoms with E-state index in [4.69, 9.17) is 9.72 Å². The molecule has 3 N–H and O–H groups in total. The van der Waals surface area contributed by atoms with Crippen LogP contribution in [0.5, 0.6) is 0 Å². The molecule has 0 bridgehead atoms. The van der Waals surface area contributed by atoms with Gasteiger partial charge in [-0.3, -0.25) is 4.79 Å². The van der Waals surface area contributed by atoms with Crippen LogP contribution in [-0.2, 0) is 9.53 Å². The van der Waals surface area contributed by atoms with Crippen LogP contribution in [0.15, 0.2) is 30.1 Å². The van der Waals surface area contributed by atoms with Crippen LogP contribution in [0, 0.1) is 0 Å². The highest BCUT2D eigenvalue weighted by molar-refractivity contribution is 5.89. The van der Waals surface area contributed by atoms with E-state index in [2.05, 4.69) is 27.6 Å². The first-order valence-corrected chi connectivity index (χ1v) is 9.22. The van der Waals surface area contributed by atoms with Crippen LogP contribution >= 0.6 is 0 Å². The summed E-state index contributed by atoms with van der Waals surface area (Å²) < 4.78 is 6.92. The fourth-order valence-electron chi connectivity index (χ4n) is 3.04. The molecule has 2 fully saturated rings. The van der Waals surface area contributed by atoms with Crippen molar-refractivity contribution in [3.8, 4) is 0 Å². The number of aromatic nitrogens is 3. The van der Waals surface area contributed by atoms with Gasteiger partial charge in [0, 0.05) is 43.6 Å². The van der Waals surface area contributed by atoms with E-state index in [1.165, 1.54) is 12.8 Å². The third-order valence-corrected chi connectivity index (χ3v) is 4.62. The molecule has 1 saturated heterocycles. The quantitative estimate of drug-likeness (QED) is 0.619. The molecule has 1 aliphatic heterocycles. The third-order valence-electron chi connectivity index (χ3n) is 4.62. The van der Waals surface area contributed by atoms with Gasteiger partial charge >= 0.3 is 0 Å². The van der Waals surface area contributed by atoms with Gasteiger partial charge in [0.25, 0.3) is 0 Å². The lowest BCUT2D eigenvalue weighted by atomic mass is 10.1. The minimum absolute atomic E-state index is 0.0349. The van der Waals surface area contributed by atoms with Crippen molar-refractivity contribution in [1.29, 1.82) is 0 Å². The average molecular weight is 368 g/mol. The molecule has 3 heterocycles. The molecule has 2 aromatic rings. The Labute approximate surface area is 157 Å². The van der Waals surface area contributed by atoms with E-state index in [0.717, 1.165) is 41.4 Å². The van der Waals surface area contributed by atoms with Gasteiger partial charge in [0.1, 0.15) is 11.6 Å². The van der Waals surface area contributed by atoms with Crippen LogP contribution in [0.3, 0.4) is 0 Å². The van der Waals surface area contributed by atoms with Crippen molar-refractivity contribution in [1.82, 2.24) is 19.9 Å². The monoisotopic (exact) mass is 368 g/mol. The van der Waals surface area contributed by atoms with Gasteiger partial charge in [0.2, 0.25) is 5.91 Å². The maximum atomic E-state index is 11.6. The molecule has 0 atom stereocenters. The predicted molar refractivity (Wildman–Crippen MR) is 104 cm³/mol. The van der Waals surface area contributed by atoms with Crippen LogP contribution in [0.2, 0.25) is 0 Å². The number of hydrogen-bond donors (Lipinski definition) is 3. The molecule has 2 aliphatic rings. The van der Waals surface area contributed by atoms with E-state index in [-0.39, 0.29) is 5.91 Å². The zero-order chi connectivity index (χ0) is 18.8. The number of allylic oxidation sites excluding steroid dienone is 1. The number of methoxy groups -OCH3 is 1.